The molecule has 0 bridgehead atoms. The van der Waals surface area contributed by atoms with Gasteiger partial charge in [0.2, 0.25) is 0 Å². The highest BCUT2D eigenvalue weighted by Crippen LogP contribution is 2.22. The largest absolute Gasteiger partial charge is 0.490 e. The van der Waals surface area contributed by atoms with Crippen LogP contribution in [0.4, 0.5) is 0 Å². The van der Waals surface area contributed by atoms with E-state index in [1.54, 1.807) is 18.2 Å². The summed E-state index contributed by atoms with van der Waals surface area (Å²) < 4.78 is 5.89. The second-order valence-corrected chi connectivity index (χ2v) is 4.35. The van der Waals surface area contributed by atoms with Gasteiger partial charge in [0.1, 0.15) is 11.9 Å². The lowest BCUT2D eigenvalue weighted by molar-refractivity contribution is 0.0696. The average Bonchev–Trinajstić information content (AvgIpc) is 2.33. The zero-order chi connectivity index (χ0) is 12.3. The molecule has 4 heteroatoms. The Morgan fingerprint density at radius 1 is 1.41 bits per heavy atom. The van der Waals surface area contributed by atoms with E-state index in [0.717, 1.165) is 37.2 Å². The van der Waals surface area contributed by atoms with Crippen molar-refractivity contribution in [2.75, 3.05) is 13.1 Å². The Labute approximate surface area is 101 Å². The number of aryl methyl sites for hydroxylation is 1. The number of rotatable bonds is 3. The molecule has 1 aromatic rings. The number of piperidine rings is 1. The average molecular weight is 235 g/mol. The second-order valence-electron chi connectivity index (χ2n) is 4.35. The molecule has 0 spiro atoms. The van der Waals surface area contributed by atoms with Crippen molar-refractivity contribution >= 4 is 5.97 Å². The maximum absolute atomic E-state index is 10.8. The minimum absolute atomic E-state index is 0.241. The van der Waals surface area contributed by atoms with Gasteiger partial charge in [-0.15, -0.1) is 0 Å². The predicted molar refractivity (Wildman–Crippen MR) is 64.7 cm³/mol. The zero-order valence-corrected chi connectivity index (χ0v) is 9.90. The van der Waals surface area contributed by atoms with Gasteiger partial charge < -0.3 is 15.2 Å². The van der Waals surface area contributed by atoms with Gasteiger partial charge in [-0.3, -0.25) is 0 Å². The molecule has 1 aromatic carbocycles. The molecule has 1 heterocycles. The molecule has 1 fully saturated rings. The van der Waals surface area contributed by atoms with Crippen molar-refractivity contribution in [3.05, 3.63) is 29.3 Å². The summed E-state index contributed by atoms with van der Waals surface area (Å²) in [7, 11) is 0. The molecule has 2 N–H and O–H groups in total. The van der Waals surface area contributed by atoms with Crippen LogP contribution in [0.15, 0.2) is 18.2 Å². The normalized spacial score (nSPS) is 16.8. The Morgan fingerprint density at radius 3 is 2.71 bits per heavy atom. The Morgan fingerprint density at radius 2 is 2.12 bits per heavy atom. The van der Waals surface area contributed by atoms with Gasteiger partial charge in [-0.1, -0.05) is 0 Å². The minimum Gasteiger partial charge on any atom is -0.490 e. The van der Waals surface area contributed by atoms with E-state index in [4.69, 9.17) is 9.84 Å². The Bertz CT molecular complexity index is 411. The number of nitrogens with one attached hydrogen (secondary N) is 1. The molecule has 4 nitrogen and oxygen atoms in total. The molecule has 0 unspecified atom stereocenters. The molecule has 2 rings (SSSR count). The molecular formula is C13H17NO3. The van der Waals surface area contributed by atoms with Crippen LogP contribution in [-0.4, -0.2) is 30.3 Å². The molecule has 0 amide bonds. The fraction of sp³-hybridized carbons (Fsp3) is 0.462. The van der Waals surface area contributed by atoms with Gasteiger partial charge in [-0.2, -0.15) is 0 Å². The predicted octanol–water partition coefficient (Wildman–Crippen LogP) is 1.82. The molecule has 1 saturated heterocycles. The standard InChI is InChI=1S/C13H17NO3/c1-9-8-10(13(15)16)2-3-12(9)17-11-4-6-14-7-5-11/h2-3,8,11,14H,4-7H2,1H3,(H,15,16). The third kappa shape index (κ3) is 2.97. The fourth-order valence-electron chi connectivity index (χ4n) is 2.01. The number of benzene rings is 1. The maximum atomic E-state index is 10.8. The third-order valence-corrected chi connectivity index (χ3v) is 3.00. The summed E-state index contributed by atoms with van der Waals surface area (Å²) in [6.45, 7) is 3.84. The molecule has 0 aromatic heterocycles. The van der Waals surface area contributed by atoms with Crippen LogP contribution in [0.3, 0.4) is 0 Å². The van der Waals surface area contributed by atoms with Crippen LogP contribution in [0.1, 0.15) is 28.8 Å². The monoisotopic (exact) mass is 235 g/mol. The van der Waals surface area contributed by atoms with Crippen molar-refractivity contribution < 1.29 is 14.6 Å². The zero-order valence-electron chi connectivity index (χ0n) is 9.90. The molecule has 0 radical (unpaired) electrons. The van der Waals surface area contributed by atoms with Gasteiger partial charge in [0.15, 0.2) is 0 Å². The van der Waals surface area contributed by atoms with E-state index in [9.17, 15) is 4.79 Å². The van der Waals surface area contributed by atoms with Crippen molar-refractivity contribution in [2.24, 2.45) is 0 Å². The second kappa shape index (κ2) is 5.19. The van der Waals surface area contributed by atoms with Gasteiger partial charge in [-0.25, -0.2) is 4.79 Å². The first kappa shape index (κ1) is 11.9. The molecule has 0 aliphatic carbocycles. The Kier molecular flexibility index (Phi) is 3.64. The summed E-state index contributed by atoms with van der Waals surface area (Å²) >= 11 is 0. The smallest absolute Gasteiger partial charge is 0.335 e. The van der Waals surface area contributed by atoms with E-state index in [1.165, 1.54) is 0 Å². The van der Waals surface area contributed by atoms with Gasteiger partial charge in [0, 0.05) is 0 Å². The van der Waals surface area contributed by atoms with E-state index < -0.39 is 5.97 Å². The van der Waals surface area contributed by atoms with Crippen LogP contribution >= 0.6 is 0 Å². The molecule has 1 aliphatic heterocycles. The van der Waals surface area contributed by atoms with Crippen LogP contribution in [0.5, 0.6) is 5.75 Å². The number of hydrogen-bond acceptors (Lipinski definition) is 3. The third-order valence-electron chi connectivity index (χ3n) is 3.00. The van der Waals surface area contributed by atoms with E-state index in [-0.39, 0.29) is 6.10 Å². The SMILES string of the molecule is Cc1cc(C(=O)O)ccc1OC1CCNCC1. The molecular weight excluding hydrogens is 218 g/mol. The molecule has 92 valence electrons. The molecule has 17 heavy (non-hydrogen) atoms. The number of carboxylic acid groups (broad SMARTS) is 1. The van der Waals surface area contributed by atoms with Crippen molar-refractivity contribution in [1.82, 2.24) is 5.32 Å². The minimum atomic E-state index is -0.901. The van der Waals surface area contributed by atoms with Gasteiger partial charge >= 0.3 is 5.97 Å². The number of ether oxygens (including phenoxy) is 1. The number of hydrogen-bond donors (Lipinski definition) is 2. The first-order chi connectivity index (χ1) is 8.16. The fourth-order valence-corrected chi connectivity index (χ4v) is 2.01. The van der Waals surface area contributed by atoms with Crippen molar-refractivity contribution in [3.8, 4) is 5.75 Å². The first-order valence-corrected chi connectivity index (χ1v) is 5.88. The van der Waals surface area contributed by atoms with Gasteiger partial charge in [0.05, 0.1) is 5.56 Å². The summed E-state index contributed by atoms with van der Waals surface area (Å²) in [5.41, 5.74) is 1.18. The van der Waals surface area contributed by atoms with E-state index in [2.05, 4.69) is 5.32 Å². The van der Waals surface area contributed by atoms with Gasteiger partial charge in [-0.05, 0) is 56.6 Å². The topological polar surface area (TPSA) is 58.6 Å². The molecule has 0 saturated carbocycles. The van der Waals surface area contributed by atoms with E-state index >= 15 is 0 Å². The van der Waals surface area contributed by atoms with E-state index in [0.29, 0.717) is 5.56 Å². The Balaban J connectivity index is 2.08. The highest BCUT2D eigenvalue weighted by Gasteiger charge is 2.15. The van der Waals surface area contributed by atoms with Crippen molar-refractivity contribution in [3.63, 3.8) is 0 Å². The highest BCUT2D eigenvalue weighted by molar-refractivity contribution is 5.88. The van der Waals surface area contributed by atoms with Crippen LogP contribution in [0, 0.1) is 6.92 Å². The lowest BCUT2D eigenvalue weighted by Gasteiger charge is -2.24. The summed E-state index contributed by atoms with van der Waals surface area (Å²) in [5.74, 6) is -0.108. The quantitative estimate of drug-likeness (QED) is 0.839. The van der Waals surface area contributed by atoms with Crippen LogP contribution < -0.4 is 10.1 Å². The van der Waals surface area contributed by atoms with Crippen LogP contribution in [0.25, 0.3) is 0 Å². The highest BCUT2D eigenvalue weighted by atomic mass is 16.5. The Hall–Kier alpha value is -1.55. The maximum Gasteiger partial charge on any atom is 0.335 e. The van der Waals surface area contributed by atoms with Crippen LogP contribution in [0.2, 0.25) is 0 Å². The van der Waals surface area contributed by atoms with Gasteiger partial charge in [0.25, 0.3) is 0 Å². The summed E-state index contributed by atoms with van der Waals surface area (Å²) in [6, 6.07) is 4.99. The summed E-state index contributed by atoms with van der Waals surface area (Å²) in [4.78, 5) is 10.8. The lowest BCUT2D eigenvalue weighted by Crippen LogP contribution is -2.34. The van der Waals surface area contributed by atoms with Crippen LogP contribution in [-0.2, 0) is 0 Å². The lowest BCUT2D eigenvalue weighted by atomic mass is 10.1. The summed E-state index contributed by atoms with van der Waals surface area (Å²) in [5, 5.41) is 12.2. The number of carboxylic acids is 1. The number of aromatic carboxylic acids is 1. The van der Waals surface area contributed by atoms with E-state index in [1.807, 2.05) is 6.92 Å². The molecule has 0 atom stereocenters. The number of carbonyl (C=O) groups is 1. The first-order valence-electron chi connectivity index (χ1n) is 5.88. The van der Waals surface area contributed by atoms with Crippen molar-refractivity contribution in [2.45, 2.75) is 25.9 Å². The summed E-state index contributed by atoms with van der Waals surface area (Å²) in [6.07, 6.45) is 2.24. The molecule has 1 aliphatic rings. The van der Waals surface area contributed by atoms with Crippen molar-refractivity contribution in [1.29, 1.82) is 0 Å².